The fraction of sp³-hybridized carbons (Fsp3) is 0.381. The predicted molar refractivity (Wildman–Crippen MR) is 103 cm³/mol. The SMILES string of the molecule is COc1ccc(NC(=O)c2cccc(CN3CCC[C@H]3C)c2)cc1OC. The molecule has 0 unspecified atom stereocenters. The molecule has 0 aromatic heterocycles. The Labute approximate surface area is 154 Å². The number of anilines is 1. The molecule has 2 aromatic carbocycles. The van der Waals surface area contributed by atoms with E-state index in [0.717, 1.165) is 13.1 Å². The van der Waals surface area contributed by atoms with Gasteiger partial charge in [0, 0.05) is 29.9 Å². The summed E-state index contributed by atoms with van der Waals surface area (Å²) in [7, 11) is 3.16. The minimum atomic E-state index is -0.131. The quantitative estimate of drug-likeness (QED) is 0.854. The molecule has 1 heterocycles. The number of nitrogens with one attached hydrogen (secondary N) is 1. The van der Waals surface area contributed by atoms with Gasteiger partial charge in [-0.2, -0.15) is 0 Å². The molecule has 26 heavy (non-hydrogen) atoms. The predicted octanol–water partition coefficient (Wildman–Crippen LogP) is 3.94. The van der Waals surface area contributed by atoms with Crippen LogP contribution in [-0.4, -0.2) is 37.6 Å². The van der Waals surface area contributed by atoms with Crippen molar-refractivity contribution < 1.29 is 14.3 Å². The molecule has 1 aliphatic rings. The van der Waals surface area contributed by atoms with Crippen LogP contribution in [0.5, 0.6) is 11.5 Å². The first-order chi connectivity index (χ1) is 12.6. The third-order valence-electron chi connectivity index (χ3n) is 4.91. The van der Waals surface area contributed by atoms with Crippen LogP contribution in [0.2, 0.25) is 0 Å². The molecule has 138 valence electrons. The maximum absolute atomic E-state index is 12.6. The number of hydrogen-bond acceptors (Lipinski definition) is 4. The van der Waals surface area contributed by atoms with Crippen molar-refractivity contribution in [2.45, 2.75) is 32.4 Å². The van der Waals surface area contributed by atoms with E-state index in [-0.39, 0.29) is 5.91 Å². The molecule has 5 heteroatoms. The Balaban J connectivity index is 1.71. The van der Waals surface area contributed by atoms with Gasteiger partial charge in [0.2, 0.25) is 0 Å². The van der Waals surface area contributed by atoms with Crippen LogP contribution >= 0.6 is 0 Å². The fourth-order valence-corrected chi connectivity index (χ4v) is 3.39. The van der Waals surface area contributed by atoms with E-state index in [0.29, 0.717) is 28.8 Å². The molecule has 2 aromatic rings. The smallest absolute Gasteiger partial charge is 0.255 e. The number of hydrogen-bond donors (Lipinski definition) is 1. The van der Waals surface area contributed by atoms with E-state index in [9.17, 15) is 4.79 Å². The van der Waals surface area contributed by atoms with Crippen LogP contribution in [0.4, 0.5) is 5.69 Å². The molecule has 0 saturated carbocycles. The van der Waals surface area contributed by atoms with Gasteiger partial charge in [-0.1, -0.05) is 12.1 Å². The van der Waals surface area contributed by atoms with Gasteiger partial charge >= 0.3 is 0 Å². The van der Waals surface area contributed by atoms with Gasteiger partial charge in [0.1, 0.15) is 0 Å². The third kappa shape index (κ3) is 4.17. The van der Waals surface area contributed by atoms with Gasteiger partial charge in [-0.3, -0.25) is 9.69 Å². The van der Waals surface area contributed by atoms with E-state index in [2.05, 4.69) is 23.2 Å². The Kier molecular flexibility index (Phi) is 5.78. The molecule has 0 radical (unpaired) electrons. The standard InChI is InChI=1S/C21H26N2O3/c1-15-6-5-11-23(15)14-16-7-4-8-17(12-16)21(24)22-18-9-10-19(25-2)20(13-18)26-3/h4,7-10,12-13,15H,5-6,11,14H2,1-3H3,(H,22,24)/t15-/m1/s1. The lowest BCUT2D eigenvalue weighted by Crippen LogP contribution is -2.26. The number of likely N-dealkylation sites (tertiary alicyclic amines) is 1. The molecule has 5 nitrogen and oxygen atoms in total. The Morgan fingerprint density at radius 2 is 1.96 bits per heavy atom. The summed E-state index contributed by atoms with van der Waals surface area (Å²) in [6.07, 6.45) is 2.50. The van der Waals surface area contributed by atoms with E-state index < -0.39 is 0 Å². The van der Waals surface area contributed by atoms with Gasteiger partial charge in [0.25, 0.3) is 5.91 Å². The van der Waals surface area contributed by atoms with Crippen LogP contribution < -0.4 is 14.8 Å². The Morgan fingerprint density at radius 3 is 2.65 bits per heavy atom. The molecule has 1 atom stereocenters. The largest absolute Gasteiger partial charge is 0.493 e. The number of rotatable bonds is 6. The third-order valence-corrected chi connectivity index (χ3v) is 4.91. The van der Waals surface area contributed by atoms with Crippen molar-refractivity contribution in [1.82, 2.24) is 4.90 Å². The maximum Gasteiger partial charge on any atom is 0.255 e. The summed E-state index contributed by atoms with van der Waals surface area (Å²) < 4.78 is 10.5. The van der Waals surface area contributed by atoms with Crippen molar-refractivity contribution in [2.24, 2.45) is 0 Å². The monoisotopic (exact) mass is 354 g/mol. The zero-order valence-electron chi connectivity index (χ0n) is 15.6. The summed E-state index contributed by atoms with van der Waals surface area (Å²) in [5, 5.41) is 2.93. The lowest BCUT2D eigenvalue weighted by atomic mass is 10.1. The fourth-order valence-electron chi connectivity index (χ4n) is 3.39. The lowest BCUT2D eigenvalue weighted by Gasteiger charge is -2.21. The van der Waals surface area contributed by atoms with Gasteiger partial charge in [-0.25, -0.2) is 0 Å². The van der Waals surface area contributed by atoms with Crippen molar-refractivity contribution in [3.63, 3.8) is 0 Å². The minimum Gasteiger partial charge on any atom is -0.493 e. The number of carbonyl (C=O) groups excluding carboxylic acids is 1. The first-order valence-electron chi connectivity index (χ1n) is 8.97. The van der Waals surface area contributed by atoms with E-state index in [1.807, 2.05) is 18.2 Å². The van der Waals surface area contributed by atoms with Crippen molar-refractivity contribution in [2.75, 3.05) is 26.1 Å². The van der Waals surface area contributed by atoms with Crippen molar-refractivity contribution in [1.29, 1.82) is 0 Å². The molecule has 0 spiro atoms. The summed E-state index contributed by atoms with van der Waals surface area (Å²) in [6.45, 7) is 4.28. The zero-order valence-corrected chi connectivity index (χ0v) is 15.6. The average molecular weight is 354 g/mol. The molecule has 3 rings (SSSR count). The number of methoxy groups -OCH3 is 2. The number of benzene rings is 2. The lowest BCUT2D eigenvalue weighted by molar-refractivity contribution is 0.102. The Morgan fingerprint density at radius 1 is 1.15 bits per heavy atom. The van der Waals surface area contributed by atoms with Gasteiger partial charge in [-0.15, -0.1) is 0 Å². The Hall–Kier alpha value is -2.53. The zero-order chi connectivity index (χ0) is 18.5. The summed E-state index contributed by atoms with van der Waals surface area (Å²) in [5.41, 5.74) is 2.49. The van der Waals surface area contributed by atoms with Gasteiger partial charge in [0.05, 0.1) is 14.2 Å². The summed E-state index contributed by atoms with van der Waals surface area (Å²) in [4.78, 5) is 15.1. The topological polar surface area (TPSA) is 50.8 Å². The minimum absolute atomic E-state index is 0.131. The van der Waals surface area contributed by atoms with Crippen LogP contribution in [-0.2, 0) is 6.54 Å². The molecule has 1 fully saturated rings. The molecule has 0 bridgehead atoms. The van der Waals surface area contributed by atoms with Crippen molar-refractivity contribution >= 4 is 11.6 Å². The van der Waals surface area contributed by atoms with Crippen LogP contribution in [0.25, 0.3) is 0 Å². The summed E-state index contributed by atoms with van der Waals surface area (Å²) >= 11 is 0. The summed E-state index contributed by atoms with van der Waals surface area (Å²) in [6, 6.07) is 13.8. The molecule has 1 N–H and O–H groups in total. The second-order valence-electron chi connectivity index (χ2n) is 6.69. The maximum atomic E-state index is 12.6. The highest BCUT2D eigenvalue weighted by atomic mass is 16.5. The number of carbonyl (C=O) groups is 1. The molecular weight excluding hydrogens is 328 g/mol. The summed E-state index contributed by atoms with van der Waals surface area (Å²) in [5.74, 6) is 1.09. The first-order valence-corrected chi connectivity index (χ1v) is 8.97. The Bertz CT molecular complexity index is 776. The highest BCUT2D eigenvalue weighted by Gasteiger charge is 2.20. The number of amides is 1. The van der Waals surface area contributed by atoms with E-state index >= 15 is 0 Å². The molecule has 1 aliphatic heterocycles. The molecule has 1 amide bonds. The van der Waals surface area contributed by atoms with Crippen LogP contribution in [0, 0.1) is 0 Å². The van der Waals surface area contributed by atoms with Crippen LogP contribution in [0.3, 0.4) is 0 Å². The van der Waals surface area contributed by atoms with Crippen LogP contribution in [0.1, 0.15) is 35.7 Å². The van der Waals surface area contributed by atoms with E-state index in [4.69, 9.17) is 9.47 Å². The molecule has 1 saturated heterocycles. The second kappa shape index (κ2) is 8.23. The van der Waals surface area contributed by atoms with Crippen molar-refractivity contribution in [3.05, 3.63) is 53.6 Å². The van der Waals surface area contributed by atoms with Crippen molar-refractivity contribution in [3.8, 4) is 11.5 Å². The van der Waals surface area contributed by atoms with E-state index in [1.165, 1.54) is 18.4 Å². The van der Waals surface area contributed by atoms with Gasteiger partial charge in [-0.05, 0) is 56.1 Å². The average Bonchev–Trinajstić information content (AvgIpc) is 3.06. The molecule has 0 aliphatic carbocycles. The van der Waals surface area contributed by atoms with Gasteiger partial charge < -0.3 is 14.8 Å². The highest BCUT2D eigenvalue weighted by Crippen LogP contribution is 2.30. The number of nitrogens with zero attached hydrogens (tertiary/aromatic N) is 1. The number of ether oxygens (including phenoxy) is 2. The molecular formula is C21H26N2O3. The normalized spacial score (nSPS) is 17.1. The highest BCUT2D eigenvalue weighted by molar-refractivity contribution is 6.04. The van der Waals surface area contributed by atoms with Gasteiger partial charge in [0.15, 0.2) is 11.5 Å². The van der Waals surface area contributed by atoms with Crippen LogP contribution in [0.15, 0.2) is 42.5 Å². The van der Waals surface area contributed by atoms with E-state index in [1.54, 1.807) is 32.4 Å². The first kappa shape index (κ1) is 18.3. The second-order valence-corrected chi connectivity index (χ2v) is 6.69.